The highest BCUT2D eigenvalue weighted by Gasteiger charge is 2.25. The molecular weight excluding hydrogens is 429 g/mol. The van der Waals surface area contributed by atoms with Crippen molar-refractivity contribution in [3.63, 3.8) is 0 Å². The average Bonchev–Trinajstić information content (AvgIpc) is 3.23. The van der Waals surface area contributed by atoms with E-state index in [9.17, 15) is 0 Å². The van der Waals surface area contributed by atoms with Crippen molar-refractivity contribution in [1.29, 1.82) is 0 Å². The third kappa shape index (κ3) is 8.56. The van der Waals surface area contributed by atoms with Crippen LogP contribution >= 0.6 is 23.2 Å². The molecule has 1 unspecified atom stereocenters. The maximum atomic E-state index is 6.19. The lowest BCUT2D eigenvalue weighted by Crippen LogP contribution is -2.30. The number of rotatable bonds is 10. The Balaban J connectivity index is 2.27. The van der Waals surface area contributed by atoms with E-state index in [1.54, 1.807) is 6.20 Å². The van der Waals surface area contributed by atoms with Crippen LogP contribution in [0.5, 0.6) is 0 Å². The summed E-state index contributed by atoms with van der Waals surface area (Å²) in [7, 11) is 1.86. The molecule has 6 heteroatoms. The Morgan fingerprint density at radius 1 is 1.32 bits per heavy atom. The first-order valence-corrected chi connectivity index (χ1v) is 11.5. The van der Waals surface area contributed by atoms with Gasteiger partial charge >= 0.3 is 0 Å². The Labute approximate surface area is 197 Å². The SMILES string of the molecule is C\C=C/C(=C\C=C\Cl)CC(=N/C=C(\NC)OC1CCN(C(C)C)C1)c1ccc(Cl)cc1. The minimum absolute atomic E-state index is 0.169. The van der Waals surface area contributed by atoms with Gasteiger partial charge in [0.2, 0.25) is 5.88 Å². The van der Waals surface area contributed by atoms with Gasteiger partial charge in [0.1, 0.15) is 6.10 Å². The van der Waals surface area contributed by atoms with Gasteiger partial charge < -0.3 is 10.1 Å². The van der Waals surface area contributed by atoms with Crippen molar-refractivity contribution in [1.82, 2.24) is 10.2 Å². The molecule has 4 nitrogen and oxygen atoms in total. The van der Waals surface area contributed by atoms with Crippen LogP contribution in [0.1, 0.15) is 39.2 Å². The Kier molecular flexibility index (Phi) is 10.9. The molecule has 0 aliphatic carbocycles. The smallest absolute Gasteiger partial charge is 0.205 e. The van der Waals surface area contributed by atoms with Crippen molar-refractivity contribution in [2.45, 2.75) is 45.8 Å². The van der Waals surface area contributed by atoms with Gasteiger partial charge in [0.15, 0.2) is 0 Å². The van der Waals surface area contributed by atoms with Gasteiger partial charge in [0.05, 0.1) is 11.9 Å². The van der Waals surface area contributed by atoms with Crippen LogP contribution in [-0.2, 0) is 4.74 Å². The Bertz CT molecular complexity index is 839. The zero-order valence-corrected chi connectivity index (χ0v) is 20.3. The number of likely N-dealkylation sites (tertiary alicyclic amines) is 1. The largest absolute Gasteiger partial charge is 0.473 e. The molecule has 1 aromatic carbocycles. The Morgan fingerprint density at radius 2 is 2.06 bits per heavy atom. The second kappa shape index (κ2) is 13.4. The first-order chi connectivity index (χ1) is 15.0. The number of halogens is 2. The molecule has 0 spiro atoms. The van der Waals surface area contributed by atoms with Crippen LogP contribution in [0.25, 0.3) is 0 Å². The molecule has 1 saturated heterocycles. The molecule has 0 saturated carbocycles. The van der Waals surface area contributed by atoms with E-state index < -0.39 is 0 Å². The van der Waals surface area contributed by atoms with Crippen LogP contribution in [0.4, 0.5) is 0 Å². The maximum Gasteiger partial charge on any atom is 0.205 e. The molecule has 0 aromatic heterocycles. The highest BCUT2D eigenvalue weighted by atomic mass is 35.5. The first kappa shape index (κ1) is 25.3. The van der Waals surface area contributed by atoms with E-state index in [0.29, 0.717) is 23.4 Å². The van der Waals surface area contributed by atoms with Gasteiger partial charge in [-0.15, -0.1) is 0 Å². The molecule has 1 aliphatic rings. The quantitative estimate of drug-likeness (QED) is 0.252. The average molecular weight is 462 g/mol. The molecule has 0 radical (unpaired) electrons. The van der Waals surface area contributed by atoms with Gasteiger partial charge in [-0.25, -0.2) is 0 Å². The minimum Gasteiger partial charge on any atom is -0.473 e. The summed E-state index contributed by atoms with van der Waals surface area (Å²) in [6, 6.07) is 8.25. The molecule has 0 amide bonds. The molecule has 1 aromatic rings. The second-order valence-corrected chi connectivity index (χ2v) is 8.37. The summed E-state index contributed by atoms with van der Waals surface area (Å²) in [6.45, 7) is 8.42. The number of allylic oxidation sites excluding steroid dienone is 5. The van der Waals surface area contributed by atoms with Crippen molar-refractivity contribution in [2.24, 2.45) is 4.99 Å². The van der Waals surface area contributed by atoms with Crippen molar-refractivity contribution in [3.05, 3.63) is 82.3 Å². The van der Waals surface area contributed by atoms with Crippen LogP contribution in [0.2, 0.25) is 5.02 Å². The lowest BCUT2D eigenvalue weighted by atomic mass is 10.0. The van der Waals surface area contributed by atoms with Gasteiger partial charge in [-0.1, -0.05) is 59.6 Å². The zero-order valence-electron chi connectivity index (χ0n) is 18.8. The number of benzene rings is 1. The van der Waals surface area contributed by atoms with E-state index in [2.05, 4.69) is 30.1 Å². The number of nitrogens with zero attached hydrogens (tertiary/aromatic N) is 2. The summed E-state index contributed by atoms with van der Waals surface area (Å²) < 4.78 is 6.19. The standard InChI is InChI=1S/C25H33Cl2N3O/c1-5-7-20(8-6-14-26)16-24(21-9-11-22(27)12-10-21)29-17-25(28-4)31-23-13-15-30(18-23)19(2)3/h5-12,14,17,19,23,28H,13,15-16,18H2,1-4H3/b7-5-,14-6+,20-8+,25-17+,29-24?. The van der Waals surface area contributed by atoms with Crippen molar-refractivity contribution >= 4 is 28.9 Å². The monoisotopic (exact) mass is 461 g/mol. The van der Waals surface area contributed by atoms with Crippen LogP contribution < -0.4 is 5.32 Å². The predicted molar refractivity (Wildman–Crippen MR) is 134 cm³/mol. The topological polar surface area (TPSA) is 36.9 Å². The van der Waals surface area contributed by atoms with E-state index in [1.165, 1.54) is 5.54 Å². The molecule has 1 fully saturated rings. The number of ether oxygens (including phenoxy) is 1. The van der Waals surface area contributed by atoms with Gasteiger partial charge in [0.25, 0.3) is 0 Å². The summed E-state index contributed by atoms with van der Waals surface area (Å²) in [5, 5.41) is 3.83. The van der Waals surface area contributed by atoms with Crippen LogP contribution in [0.3, 0.4) is 0 Å². The zero-order chi connectivity index (χ0) is 22.6. The summed E-state index contributed by atoms with van der Waals surface area (Å²) in [5.74, 6) is 0.666. The fourth-order valence-corrected chi connectivity index (χ4v) is 3.59. The fraction of sp³-hybridized carbons (Fsp3) is 0.400. The van der Waals surface area contributed by atoms with Gasteiger partial charge in [-0.3, -0.25) is 9.89 Å². The summed E-state index contributed by atoms with van der Waals surface area (Å²) in [4.78, 5) is 7.23. The molecule has 1 atom stereocenters. The van der Waals surface area contributed by atoms with Crippen molar-refractivity contribution in [2.75, 3.05) is 20.1 Å². The van der Waals surface area contributed by atoms with Gasteiger partial charge in [-0.2, -0.15) is 0 Å². The molecule has 1 heterocycles. The van der Waals surface area contributed by atoms with Crippen molar-refractivity contribution < 1.29 is 4.74 Å². The number of nitrogens with one attached hydrogen (secondary N) is 1. The minimum atomic E-state index is 0.169. The van der Waals surface area contributed by atoms with Crippen LogP contribution in [0, 0.1) is 0 Å². The molecular formula is C25H33Cl2N3O. The van der Waals surface area contributed by atoms with Crippen molar-refractivity contribution in [3.8, 4) is 0 Å². The lowest BCUT2D eigenvalue weighted by Gasteiger charge is -2.21. The second-order valence-electron chi connectivity index (χ2n) is 7.68. The van der Waals surface area contributed by atoms with Crippen LogP contribution in [-0.4, -0.2) is 42.9 Å². The third-order valence-electron chi connectivity index (χ3n) is 5.10. The Hall–Kier alpha value is -2.01. The van der Waals surface area contributed by atoms with E-state index in [4.69, 9.17) is 32.9 Å². The summed E-state index contributed by atoms with van der Waals surface area (Å²) >= 11 is 11.8. The van der Waals surface area contributed by atoms with Gasteiger partial charge in [-0.05, 0) is 50.5 Å². The fourth-order valence-electron chi connectivity index (χ4n) is 3.39. The lowest BCUT2D eigenvalue weighted by molar-refractivity contribution is 0.104. The third-order valence-corrected chi connectivity index (χ3v) is 5.49. The predicted octanol–water partition coefficient (Wildman–Crippen LogP) is 6.29. The number of hydrogen-bond acceptors (Lipinski definition) is 4. The van der Waals surface area contributed by atoms with Gasteiger partial charge in [0, 0.05) is 43.2 Å². The number of aliphatic imine (C=N–C) groups is 1. The Morgan fingerprint density at radius 3 is 2.65 bits per heavy atom. The molecule has 2 rings (SSSR count). The molecule has 31 heavy (non-hydrogen) atoms. The normalized spacial score (nSPS) is 19.2. The molecule has 168 valence electrons. The van der Waals surface area contributed by atoms with E-state index in [0.717, 1.165) is 36.4 Å². The highest BCUT2D eigenvalue weighted by Crippen LogP contribution is 2.19. The maximum absolute atomic E-state index is 6.19. The van der Waals surface area contributed by atoms with E-state index >= 15 is 0 Å². The van der Waals surface area contributed by atoms with E-state index in [-0.39, 0.29) is 6.10 Å². The number of hydrogen-bond donors (Lipinski definition) is 1. The molecule has 1 aliphatic heterocycles. The summed E-state index contributed by atoms with van der Waals surface area (Å²) in [6.07, 6.45) is 11.5. The summed E-state index contributed by atoms with van der Waals surface area (Å²) in [5.41, 5.74) is 4.51. The first-order valence-electron chi connectivity index (χ1n) is 10.7. The van der Waals surface area contributed by atoms with Crippen LogP contribution in [0.15, 0.2) is 76.8 Å². The van der Waals surface area contributed by atoms with E-state index in [1.807, 2.05) is 56.5 Å². The molecule has 1 N–H and O–H groups in total. The highest BCUT2D eigenvalue weighted by molar-refractivity contribution is 6.30. The molecule has 0 bridgehead atoms.